The first-order valence-electron chi connectivity index (χ1n) is 13.7. The number of urea groups is 1. The molecule has 2 N–H and O–H groups in total. The van der Waals surface area contributed by atoms with Crippen LogP contribution >= 0.6 is 0 Å². The van der Waals surface area contributed by atoms with Crippen molar-refractivity contribution in [3.05, 3.63) is 84.1 Å². The Morgan fingerprint density at radius 3 is 2.80 bits per heavy atom. The minimum Gasteiger partial charge on any atom is -0.324 e. The molecule has 40 heavy (non-hydrogen) atoms. The smallest absolute Gasteiger partial charge is 0.321 e. The lowest BCUT2D eigenvalue weighted by atomic mass is 9.93. The Hall–Kier alpha value is -4.37. The number of pyridine rings is 1. The van der Waals surface area contributed by atoms with Crippen LogP contribution in [0, 0.1) is 5.92 Å². The highest BCUT2D eigenvalue weighted by molar-refractivity contribution is 6.00. The second kappa shape index (κ2) is 12.7. The van der Waals surface area contributed by atoms with Crippen molar-refractivity contribution in [1.29, 1.82) is 0 Å². The molecule has 0 bridgehead atoms. The van der Waals surface area contributed by atoms with Crippen LogP contribution in [0.1, 0.15) is 29.8 Å². The number of piperidine rings is 1. The van der Waals surface area contributed by atoms with E-state index in [1.165, 1.54) is 6.08 Å². The maximum absolute atomic E-state index is 13.1. The first kappa shape index (κ1) is 27.2. The summed E-state index contributed by atoms with van der Waals surface area (Å²) in [5.41, 5.74) is 6.34. The summed E-state index contributed by atoms with van der Waals surface area (Å²) in [6.45, 7) is 2.05. The maximum atomic E-state index is 13.1. The first-order valence-corrected chi connectivity index (χ1v) is 13.7. The maximum Gasteiger partial charge on any atom is 0.321 e. The van der Waals surface area contributed by atoms with Crippen molar-refractivity contribution < 1.29 is 9.59 Å². The number of carbonyl (C=O) groups is 2. The molecule has 0 spiro atoms. The van der Waals surface area contributed by atoms with Gasteiger partial charge in [-0.2, -0.15) is 0 Å². The highest BCUT2D eigenvalue weighted by Gasteiger charge is 2.24. The molecular formula is C31H35N7O2. The van der Waals surface area contributed by atoms with Gasteiger partial charge in [0.25, 0.3) is 0 Å². The van der Waals surface area contributed by atoms with E-state index in [9.17, 15) is 9.59 Å². The summed E-state index contributed by atoms with van der Waals surface area (Å²) >= 11 is 0. The van der Waals surface area contributed by atoms with Crippen molar-refractivity contribution in [2.24, 2.45) is 5.92 Å². The molecule has 1 unspecified atom stereocenters. The Labute approximate surface area is 235 Å². The van der Waals surface area contributed by atoms with Crippen LogP contribution in [0.2, 0.25) is 0 Å². The van der Waals surface area contributed by atoms with E-state index in [2.05, 4.69) is 43.8 Å². The lowest BCUT2D eigenvalue weighted by molar-refractivity contribution is -0.111. The van der Waals surface area contributed by atoms with Crippen molar-refractivity contribution in [1.82, 2.24) is 24.8 Å². The van der Waals surface area contributed by atoms with Gasteiger partial charge in [-0.05, 0) is 75.2 Å². The van der Waals surface area contributed by atoms with E-state index in [0.29, 0.717) is 36.9 Å². The largest absolute Gasteiger partial charge is 0.324 e. The highest BCUT2D eigenvalue weighted by Crippen LogP contribution is 2.26. The molecule has 1 aliphatic heterocycles. The number of fused-ring (bicyclic) bond motifs is 1. The topological polar surface area (TPSA) is 103 Å². The van der Waals surface area contributed by atoms with Gasteiger partial charge in [-0.1, -0.05) is 24.3 Å². The normalized spacial score (nSPS) is 16.4. The molecule has 1 aliphatic carbocycles. The van der Waals surface area contributed by atoms with Crippen molar-refractivity contribution in [3.8, 4) is 11.3 Å². The van der Waals surface area contributed by atoms with Gasteiger partial charge in [-0.25, -0.2) is 14.8 Å². The molecule has 3 amide bonds. The van der Waals surface area contributed by atoms with Crippen LogP contribution in [-0.4, -0.2) is 70.4 Å². The lowest BCUT2D eigenvalue weighted by Gasteiger charge is -2.32. The summed E-state index contributed by atoms with van der Waals surface area (Å²) in [5.74, 6) is 0.101. The first-order chi connectivity index (χ1) is 19.4. The van der Waals surface area contributed by atoms with Gasteiger partial charge in [0.15, 0.2) is 0 Å². The monoisotopic (exact) mass is 537 g/mol. The fourth-order valence-electron chi connectivity index (χ4n) is 5.07. The van der Waals surface area contributed by atoms with Crippen molar-refractivity contribution >= 4 is 29.4 Å². The number of nitrogens with zero attached hydrogens (tertiary/aromatic N) is 5. The molecule has 9 heteroatoms. The van der Waals surface area contributed by atoms with E-state index in [1.54, 1.807) is 24.5 Å². The molecule has 1 atom stereocenters. The standard InChI is InChI=1S/C31H35N7O2/c1-37(2)13-6-12-30(39)35-25-9-4-10-26(17-25)36-31(40)38-14-5-7-22(20-38)15-27-18-29(34-21-33-27)24-16-23-8-3-11-28(23)32-19-24/h3-4,6,8-10,12,16-19,21-22H,5,7,11,13-15,20H2,1-2H3,(H,35,39)(H,36,40)/b12-6+. The van der Waals surface area contributed by atoms with E-state index < -0.39 is 0 Å². The number of hydrogen-bond acceptors (Lipinski definition) is 6. The van der Waals surface area contributed by atoms with Crippen LogP contribution in [0.15, 0.2) is 67.2 Å². The summed E-state index contributed by atoms with van der Waals surface area (Å²) in [7, 11) is 3.88. The number of aromatic nitrogens is 3. The zero-order chi connectivity index (χ0) is 27.9. The summed E-state index contributed by atoms with van der Waals surface area (Å²) in [4.78, 5) is 42.7. The minimum atomic E-state index is -0.207. The Morgan fingerprint density at radius 1 is 1.10 bits per heavy atom. The molecule has 2 aromatic heterocycles. The number of allylic oxidation sites excluding steroid dienone is 1. The van der Waals surface area contributed by atoms with Gasteiger partial charge in [0.2, 0.25) is 5.91 Å². The van der Waals surface area contributed by atoms with Crippen molar-refractivity contribution in [2.75, 3.05) is 44.4 Å². The third-order valence-electron chi connectivity index (χ3n) is 7.06. The molecule has 2 aliphatic rings. The Morgan fingerprint density at radius 2 is 1.95 bits per heavy atom. The Balaban J connectivity index is 1.17. The summed E-state index contributed by atoms with van der Waals surface area (Å²) in [5, 5.41) is 5.83. The van der Waals surface area contributed by atoms with Crippen molar-refractivity contribution in [3.63, 3.8) is 0 Å². The quantitative estimate of drug-likeness (QED) is 0.406. The van der Waals surface area contributed by atoms with E-state index in [4.69, 9.17) is 0 Å². The Kier molecular flexibility index (Phi) is 8.61. The van der Waals surface area contributed by atoms with Gasteiger partial charge in [0.1, 0.15) is 6.33 Å². The number of benzene rings is 1. The number of anilines is 2. The highest BCUT2D eigenvalue weighted by atomic mass is 16.2. The van der Waals surface area contributed by atoms with Crippen LogP contribution in [-0.2, 0) is 17.6 Å². The molecule has 1 aromatic carbocycles. The number of nitrogens with one attached hydrogen (secondary N) is 2. The molecule has 0 radical (unpaired) electrons. The van der Waals surface area contributed by atoms with Crippen molar-refractivity contribution in [2.45, 2.75) is 25.7 Å². The zero-order valence-electron chi connectivity index (χ0n) is 23.0. The predicted molar refractivity (Wildman–Crippen MR) is 158 cm³/mol. The number of hydrogen-bond donors (Lipinski definition) is 2. The molecule has 0 saturated carbocycles. The van der Waals surface area contributed by atoms with Crippen LogP contribution in [0.4, 0.5) is 16.2 Å². The second-order valence-corrected chi connectivity index (χ2v) is 10.6. The molecule has 206 valence electrons. The number of amides is 3. The van der Waals surface area contributed by atoms with Gasteiger partial charge in [-0.3, -0.25) is 9.78 Å². The van der Waals surface area contributed by atoms with E-state index in [0.717, 1.165) is 53.9 Å². The van der Waals surface area contributed by atoms with E-state index in [-0.39, 0.29) is 11.9 Å². The summed E-state index contributed by atoms with van der Waals surface area (Å²) < 4.78 is 0. The molecule has 3 aromatic rings. The number of carbonyl (C=O) groups excluding carboxylic acids is 2. The van der Waals surface area contributed by atoms with Crippen LogP contribution < -0.4 is 10.6 Å². The molecule has 9 nitrogen and oxygen atoms in total. The SMILES string of the molecule is CN(C)C/C=C/C(=O)Nc1cccc(NC(=O)N2CCCC(Cc3cc(-c4cnc5c(c4)C=CC5)ncn3)C2)c1. The molecular weight excluding hydrogens is 502 g/mol. The fourth-order valence-corrected chi connectivity index (χ4v) is 5.07. The van der Waals surface area contributed by atoms with Crippen LogP contribution in [0.25, 0.3) is 17.3 Å². The third-order valence-corrected chi connectivity index (χ3v) is 7.06. The molecule has 5 rings (SSSR count). The lowest BCUT2D eigenvalue weighted by Crippen LogP contribution is -2.42. The summed E-state index contributed by atoms with van der Waals surface area (Å²) in [6.07, 6.45) is 14.7. The number of likely N-dealkylation sites (tertiary alicyclic amines) is 1. The molecule has 1 fully saturated rings. The third kappa shape index (κ3) is 7.18. The zero-order valence-corrected chi connectivity index (χ0v) is 23.0. The van der Waals surface area contributed by atoms with Gasteiger partial charge in [-0.15, -0.1) is 0 Å². The van der Waals surface area contributed by atoms with Crippen LogP contribution in [0.3, 0.4) is 0 Å². The summed E-state index contributed by atoms with van der Waals surface area (Å²) in [6, 6.07) is 11.2. The number of rotatable bonds is 8. The van der Waals surface area contributed by atoms with Crippen LogP contribution in [0.5, 0.6) is 0 Å². The Bertz CT molecular complexity index is 1430. The average molecular weight is 538 g/mol. The van der Waals surface area contributed by atoms with Gasteiger partial charge in [0, 0.05) is 61.0 Å². The second-order valence-electron chi connectivity index (χ2n) is 10.6. The molecule has 3 heterocycles. The predicted octanol–water partition coefficient (Wildman–Crippen LogP) is 4.65. The van der Waals surface area contributed by atoms with Gasteiger partial charge in [0.05, 0.1) is 11.4 Å². The van der Waals surface area contributed by atoms with E-state index >= 15 is 0 Å². The minimum absolute atomic E-state index is 0.139. The van der Waals surface area contributed by atoms with Gasteiger partial charge < -0.3 is 20.4 Å². The van der Waals surface area contributed by atoms with Gasteiger partial charge >= 0.3 is 6.03 Å². The average Bonchev–Trinajstić information content (AvgIpc) is 3.41. The number of likely N-dealkylation sites (N-methyl/N-ethyl adjacent to an activating group) is 1. The fraction of sp³-hybridized carbons (Fsp3) is 0.323. The van der Waals surface area contributed by atoms with E-state index in [1.807, 2.05) is 48.3 Å². The molecule has 1 saturated heterocycles.